The van der Waals surface area contributed by atoms with Crippen LogP contribution in [0.4, 0.5) is 10.8 Å². The van der Waals surface area contributed by atoms with Gasteiger partial charge in [-0.05, 0) is 23.6 Å². The van der Waals surface area contributed by atoms with Crippen molar-refractivity contribution in [3.63, 3.8) is 0 Å². The third-order valence-electron chi connectivity index (χ3n) is 4.55. The topological polar surface area (TPSA) is 93.7 Å². The van der Waals surface area contributed by atoms with Crippen molar-refractivity contribution < 1.29 is 19.1 Å². The maximum atomic E-state index is 12.6. The molecule has 0 radical (unpaired) electrons. The number of anilines is 2. The summed E-state index contributed by atoms with van der Waals surface area (Å²) in [5.41, 5.74) is 0.695. The Balaban J connectivity index is 1.27. The number of nitrogens with one attached hydrogen (secondary N) is 1. The molecule has 3 aromatic rings. The first-order valence-electron chi connectivity index (χ1n) is 8.55. The minimum absolute atomic E-state index is 0.101. The standard InChI is InChI=1S/C18H14N4O4S2/c23-15-6-10(8-22(15)11-3-4-12-13(7-11)26-9-25-12)16(24)19-18-21-20-17(28-18)14-2-1-5-27-14/h1-5,7,10H,6,8-9H2,(H,19,21,24). The van der Waals surface area contributed by atoms with Gasteiger partial charge in [0.1, 0.15) is 0 Å². The Morgan fingerprint density at radius 2 is 2.11 bits per heavy atom. The maximum Gasteiger partial charge on any atom is 0.231 e. The summed E-state index contributed by atoms with van der Waals surface area (Å²) < 4.78 is 10.7. The van der Waals surface area contributed by atoms with Crippen LogP contribution >= 0.6 is 22.7 Å². The lowest BCUT2D eigenvalue weighted by Gasteiger charge is -2.16. The van der Waals surface area contributed by atoms with Crippen molar-refractivity contribution in [2.45, 2.75) is 6.42 Å². The highest BCUT2D eigenvalue weighted by Crippen LogP contribution is 2.37. The molecule has 0 saturated carbocycles. The second-order valence-electron chi connectivity index (χ2n) is 6.32. The van der Waals surface area contributed by atoms with Gasteiger partial charge in [0.2, 0.25) is 23.7 Å². The maximum absolute atomic E-state index is 12.6. The molecule has 2 amide bonds. The highest BCUT2D eigenvalue weighted by molar-refractivity contribution is 7.23. The van der Waals surface area contributed by atoms with E-state index in [1.165, 1.54) is 11.3 Å². The van der Waals surface area contributed by atoms with Gasteiger partial charge in [0.15, 0.2) is 16.5 Å². The van der Waals surface area contributed by atoms with Crippen molar-refractivity contribution in [1.29, 1.82) is 0 Å². The molecule has 0 bridgehead atoms. The van der Waals surface area contributed by atoms with Crippen molar-refractivity contribution in [2.24, 2.45) is 5.92 Å². The summed E-state index contributed by atoms with van der Waals surface area (Å²) in [5.74, 6) is 0.476. The van der Waals surface area contributed by atoms with Crippen LogP contribution < -0.4 is 19.7 Å². The van der Waals surface area contributed by atoms with E-state index in [0.29, 0.717) is 28.9 Å². The molecule has 0 spiro atoms. The molecule has 2 aliphatic heterocycles. The number of benzene rings is 1. The Morgan fingerprint density at radius 1 is 1.21 bits per heavy atom. The number of ether oxygens (including phenoxy) is 2. The summed E-state index contributed by atoms with van der Waals surface area (Å²) in [6, 6.07) is 9.22. The van der Waals surface area contributed by atoms with E-state index >= 15 is 0 Å². The van der Waals surface area contributed by atoms with Crippen LogP contribution in [-0.2, 0) is 9.59 Å². The summed E-state index contributed by atoms with van der Waals surface area (Å²) in [6.07, 6.45) is 0.150. The fraction of sp³-hybridized carbons (Fsp3) is 0.222. The Labute approximate surface area is 167 Å². The zero-order valence-electron chi connectivity index (χ0n) is 14.5. The smallest absolute Gasteiger partial charge is 0.231 e. The third-order valence-corrected chi connectivity index (χ3v) is 6.43. The lowest BCUT2D eigenvalue weighted by atomic mass is 10.1. The summed E-state index contributed by atoms with van der Waals surface area (Å²) in [4.78, 5) is 27.7. The van der Waals surface area contributed by atoms with Gasteiger partial charge in [-0.25, -0.2) is 0 Å². The Hall–Kier alpha value is -2.98. The van der Waals surface area contributed by atoms with E-state index in [2.05, 4.69) is 15.5 Å². The van der Waals surface area contributed by atoms with Gasteiger partial charge in [-0.1, -0.05) is 17.4 Å². The molecule has 142 valence electrons. The highest BCUT2D eigenvalue weighted by atomic mass is 32.1. The summed E-state index contributed by atoms with van der Waals surface area (Å²) in [7, 11) is 0. The quantitative estimate of drug-likeness (QED) is 0.705. The molecule has 1 aromatic carbocycles. The lowest BCUT2D eigenvalue weighted by molar-refractivity contribution is -0.122. The lowest BCUT2D eigenvalue weighted by Crippen LogP contribution is -2.28. The number of aromatic nitrogens is 2. The monoisotopic (exact) mass is 414 g/mol. The van der Waals surface area contributed by atoms with Gasteiger partial charge in [-0.3, -0.25) is 9.59 Å². The van der Waals surface area contributed by atoms with Gasteiger partial charge in [0.25, 0.3) is 0 Å². The molecule has 5 rings (SSSR count). The average Bonchev–Trinajstić information content (AvgIpc) is 3.47. The number of rotatable bonds is 4. The normalized spacial score (nSPS) is 17.9. The minimum atomic E-state index is -0.452. The highest BCUT2D eigenvalue weighted by Gasteiger charge is 2.36. The van der Waals surface area contributed by atoms with Crippen LogP contribution in [0.1, 0.15) is 6.42 Å². The fourth-order valence-electron chi connectivity index (χ4n) is 3.17. The molecule has 0 aliphatic carbocycles. The van der Waals surface area contributed by atoms with E-state index in [0.717, 1.165) is 9.88 Å². The molecular formula is C18H14N4O4S2. The second-order valence-corrected chi connectivity index (χ2v) is 8.25. The molecule has 1 atom stereocenters. The summed E-state index contributed by atoms with van der Waals surface area (Å²) >= 11 is 2.88. The molecule has 28 heavy (non-hydrogen) atoms. The molecule has 10 heteroatoms. The Bertz CT molecular complexity index is 1050. The number of thiophene rings is 1. The Morgan fingerprint density at radius 3 is 2.96 bits per heavy atom. The Kier molecular flexibility index (Phi) is 4.21. The van der Waals surface area contributed by atoms with Crippen LogP contribution in [-0.4, -0.2) is 35.3 Å². The number of nitrogens with zero attached hydrogens (tertiary/aromatic N) is 3. The summed E-state index contributed by atoms with van der Waals surface area (Å²) in [6.45, 7) is 0.480. The minimum Gasteiger partial charge on any atom is -0.454 e. The number of carbonyl (C=O) groups is 2. The van der Waals surface area contributed by atoms with Crippen molar-refractivity contribution in [3.05, 3.63) is 35.7 Å². The van der Waals surface area contributed by atoms with E-state index < -0.39 is 5.92 Å². The molecule has 1 fully saturated rings. The van der Waals surface area contributed by atoms with E-state index in [1.54, 1.807) is 34.4 Å². The second kappa shape index (κ2) is 6.88. The molecule has 1 saturated heterocycles. The van der Waals surface area contributed by atoms with Crippen molar-refractivity contribution in [3.8, 4) is 21.4 Å². The van der Waals surface area contributed by atoms with E-state index in [4.69, 9.17) is 9.47 Å². The molecular weight excluding hydrogens is 400 g/mol. The fourth-order valence-corrected chi connectivity index (χ4v) is 4.71. The van der Waals surface area contributed by atoms with Gasteiger partial charge in [0, 0.05) is 24.7 Å². The number of hydrogen-bond acceptors (Lipinski definition) is 8. The zero-order chi connectivity index (χ0) is 19.1. The predicted octanol–water partition coefficient (Wildman–Crippen LogP) is 2.99. The molecule has 1 N–H and O–H groups in total. The van der Waals surface area contributed by atoms with Crippen molar-refractivity contribution in [2.75, 3.05) is 23.6 Å². The molecule has 1 unspecified atom stereocenters. The molecule has 8 nitrogen and oxygen atoms in total. The van der Waals surface area contributed by atoms with Gasteiger partial charge >= 0.3 is 0 Å². The van der Waals surface area contributed by atoms with Crippen LogP contribution in [0.2, 0.25) is 0 Å². The van der Waals surface area contributed by atoms with Crippen LogP contribution in [0.15, 0.2) is 35.7 Å². The summed E-state index contributed by atoms with van der Waals surface area (Å²) in [5, 5.41) is 14.1. The van der Waals surface area contributed by atoms with Gasteiger partial charge in [-0.2, -0.15) is 0 Å². The molecule has 2 aliphatic rings. The van der Waals surface area contributed by atoms with Crippen LogP contribution in [0, 0.1) is 5.92 Å². The average molecular weight is 414 g/mol. The first-order valence-corrected chi connectivity index (χ1v) is 10.3. The van der Waals surface area contributed by atoms with Gasteiger partial charge in [-0.15, -0.1) is 21.5 Å². The number of hydrogen-bond donors (Lipinski definition) is 1. The van der Waals surface area contributed by atoms with Crippen LogP contribution in [0.25, 0.3) is 9.88 Å². The third kappa shape index (κ3) is 3.10. The number of amides is 2. The first kappa shape index (κ1) is 17.1. The van der Waals surface area contributed by atoms with E-state index in [1.807, 2.05) is 17.5 Å². The molecule has 4 heterocycles. The van der Waals surface area contributed by atoms with Crippen molar-refractivity contribution in [1.82, 2.24) is 10.2 Å². The number of carbonyl (C=O) groups excluding carboxylic acids is 2. The molecule has 2 aromatic heterocycles. The first-order chi connectivity index (χ1) is 13.7. The van der Waals surface area contributed by atoms with Crippen LogP contribution in [0.3, 0.4) is 0 Å². The van der Waals surface area contributed by atoms with Gasteiger partial charge < -0.3 is 19.7 Å². The largest absolute Gasteiger partial charge is 0.454 e. The zero-order valence-corrected chi connectivity index (χ0v) is 16.1. The SMILES string of the molecule is O=C(Nc1nnc(-c2cccs2)s1)C1CC(=O)N(c2ccc3c(c2)OCO3)C1. The van der Waals surface area contributed by atoms with E-state index in [9.17, 15) is 9.59 Å². The van der Waals surface area contributed by atoms with Gasteiger partial charge in [0.05, 0.1) is 10.8 Å². The van der Waals surface area contributed by atoms with Crippen molar-refractivity contribution >= 4 is 45.3 Å². The predicted molar refractivity (Wildman–Crippen MR) is 105 cm³/mol. The van der Waals surface area contributed by atoms with Crippen LogP contribution in [0.5, 0.6) is 11.5 Å². The number of fused-ring (bicyclic) bond motifs is 1. The van der Waals surface area contributed by atoms with E-state index in [-0.39, 0.29) is 25.0 Å².